The van der Waals surface area contributed by atoms with Crippen LogP contribution in [0, 0.1) is 5.82 Å². The summed E-state index contributed by atoms with van der Waals surface area (Å²) in [5, 5.41) is 15.4. The minimum absolute atomic E-state index is 0.0515. The van der Waals surface area contributed by atoms with Crippen LogP contribution in [0.2, 0.25) is 0 Å². The molecule has 2 aliphatic rings. The van der Waals surface area contributed by atoms with Crippen molar-refractivity contribution in [1.29, 1.82) is 0 Å². The minimum Gasteiger partial charge on any atom is -0.487 e. The molecule has 4 atom stereocenters. The Labute approximate surface area is 191 Å². The largest absolute Gasteiger partial charge is 0.487 e. The van der Waals surface area contributed by atoms with Crippen LogP contribution in [0.1, 0.15) is 29.9 Å². The van der Waals surface area contributed by atoms with Gasteiger partial charge in [0.2, 0.25) is 11.8 Å². The molecule has 0 saturated carbocycles. The fourth-order valence-electron chi connectivity index (χ4n) is 4.41. The molecule has 0 unspecified atom stereocenters. The number of nitrogens with one attached hydrogen (secondary N) is 2. The Hall–Kier alpha value is -3.01. The molecule has 176 valence electrons. The van der Waals surface area contributed by atoms with E-state index in [0.717, 1.165) is 5.56 Å². The molecule has 4 rings (SSSR count). The standard InChI is InChI=1S/C24H27FN2O6/c1-31-13-23(30)27-15-6-7-20-17(8-15)18-9-16(32-21(12-28)24(18)33-20)10-22(29)26-11-14-4-2-3-5-19(14)25/h2-8,16,18,21,24,28H,9-13H2,1H3,(H,26,29)(H,27,30)/t16-,18+,21-,24-/m1/s1. The van der Waals surface area contributed by atoms with Gasteiger partial charge in [0.05, 0.1) is 19.1 Å². The summed E-state index contributed by atoms with van der Waals surface area (Å²) in [5.41, 5.74) is 1.92. The second kappa shape index (κ2) is 10.3. The van der Waals surface area contributed by atoms with Gasteiger partial charge in [-0.05, 0) is 30.7 Å². The highest BCUT2D eigenvalue weighted by atomic mass is 19.1. The van der Waals surface area contributed by atoms with Crippen LogP contribution in [0.25, 0.3) is 0 Å². The lowest BCUT2D eigenvalue weighted by Crippen LogP contribution is -2.47. The number of halogens is 1. The van der Waals surface area contributed by atoms with Gasteiger partial charge in [0.25, 0.3) is 0 Å². The first-order valence-electron chi connectivity index (χ1n) is 10.8. The van der Waals surface area contributed by atoms with E-state index in [9.17, 15) is 19.1 Å². The van der Waals surface area contributed by atoms with Gasteiger partial charge in [-0.15, -0.1) is 0 Å². The number of methoxy groups -OCH3 is 1. The highest BCUT2D eigenvalue weighted by Crippen LogP contribution is 2.47. The molecule has 2 aliphatic heterocycles. The van der Waals surface area contributed by atoms with Gasteiger partial charge in [-0.3, -0.25) is 9.59 Å². The van der Waals surface area contributed by atoms with Crippen molar-refractivity contribution in [2.75, 3.05) is 25.6 Å². The molecule has 3 N–H and O–H groups in total. The minimum atomic E-state index is -0.591. The third-order valence-corrected chi connectivity index (χ3v) is 5.91. The van der Waals surface area contributed by atoms with Gasteiger partial charge in [0.15, 0.2) is 0 Å². The van der Waals surface area contributed by atoms with Crippen molar-refractivity contribution in [1.82, 2.24) is 5.32 Å². The highest BCUT2D eigenvalue weighted by Gasteiger charge is 2.46. The number of anilines is 1. The summed E-state index contributed by atoms with van der Waals surface area (Å²) in [6, 6.07) is 11.6. The van der Waals surface area contributed by atoms with E-state index in [1.54, 1.807) is 30.3 Å². The lowest BCUT2D eigenvalue weighted by Gasteiger charge is -2.37. The molecule has 0 radical (unpaired) electrons. The number of fused-ring (bicyclic) bond motifs is 3. The van der Waals surface area contributed by atoms with Crippen molar-refractivity contribution in [2.24, 2.45) is 0 Å². The molecule has 2 aromatic rings. The van der Waals surface area contributed by atoms with E-state index in [4.69, 9.17) is 14.2 Å². The molecule has 0 bridgehead atoms. The average molecular weight is 458 g/mol. The molecule has 0 aliphatic carbocycles. The number of benzene rings is 2. The molecule has 8 nitrogen and oxygen atoms in total. The first-order chi connectivity index (χ1) is 16.0. The second-order valence-electron chi connectivity index (χ2n) is 8.21. The molecule has 0 aromatic heterocycles. The number of hydrogen-bond acceptors (Lipinski definition) is 6. The second-order valence-corrected chi connectivity index (χ2v) is 8.21. The molecule has 1 fully saturated rings. The molecule has 2 heterocycles. The summed E-state index contributed by atoms with van der Waals surface area (Å²) in [6.07, 6.45) is -0.824. The van der Waals surface area contributed by atoms with Gasteiger partial charge >= 0.3 is 0 Å². The molecule has 1 saturated heterocycles. The first-order valence-corrected chi connectivity index (χ1v) is 10.8. The Bertz CT molecular complexity index is 1020. The van der Waals surface area contributed by atoms with Gasteiger partial charge in [0.1, 0.15) is 30.4 Å². The Morgan fingerprint density at radius 2 is 2.03 bits per heavy atom. The van der Waals surface area contributed by atoms with Crippen molar-refractivity contribution < 1.29 is 33.3 Å². The predicted molar refractivity (Wildman–Crippen MR) is 117 cm³/mol. The summed E-state index contributed by atoms with van der Waals surface area (Å²) in [6.45, 7) is -0.214. The maximum atomic E-state index is 13.8. The maximum Gasteiger partial charge on any atom is 0.250 e. The molecular weight excluding hydrogens is 431 g/mol. The van der Waals surface area contributed by atoms with Crippen LogP contribution in [-0.4, -0.2) is 55.6 Å². The summed E-state index contributed by atoms with van der Waals surface area (Å²) >= 11 is 0. The Morgan fingerprint density at radius 1 is 1.21 bits per heavy atom. The lowest BCUT2D eigenvalue weighted by molar-refractivity contribution is -0.142. The van der Waals surface area contributed by atoms with E-state index < -0.39 is 12.2 Å². The molecule has 9 heteroatoms. The average Bonchev–Trinajstić information content (AvgIpc) is 3.16. The van der Waals surface area contributed by atoms with E-state index in [-0.39, 0.29) is 55.8 Å². The maximum absolute atomic E-state index is 13.8. The van der Waals surface area contributed by atoms with Gasteiger partial charge in [0, 0.05) is 36.4 Å². The van der Waals surface area contributed by atoms with Crippen molar-refractivity contribution in [3.05, 3.63) is 59.4 Å². The van der Waals surface area contributed by atoms with Crippen LogP contribution < -0.4 is 15.4 Å². The zero-order valence-electron chi connectivity index (χ0n) is 18.3. The molecular formula is C24H27FN2O6. The van der Waals surface area contributed by atoms with Crippen LogP contribution >= 0.6 is 0 Å². The number of carbonyl (C=O) groups excluding carboxylic acids is 2. The molecule has 0 spiro atoms. The van der Waals surface area contributed by atoms with Crippen LogP contribution in [0.3, 0.4) is 0 Å². The van der Waals surface area contributed by atoms with Gasteiger partial charge in [-0.25, -0.2) is 4.39 Å². The van der Waals surface area contributed by atoms with E-state index >= 15 is 0 Å². The lowest BCUT2D eigenvalue weighted by atomic mass is 9.84. The Kier molecular flexibility index (Phi) is 7.22. The molecule has 2 amide bonds. The van der Waals surface area contributed by atoms with Crippen LogP contribution in [0.5, 0.6) is 5.75 Å². The first kappa shape index (κ1) is 23.2. The van der Waals surface area contributed by atoms with Crippen LogP contribution in [0.4, 0.5) is 10.1 Å². The number of ether oxygens (including phenoxy) is 3. The summed E-state index contributed by atoms with van der Waals surface area (Å²) in [7, 11) is 1.45. The van der Waals surface area contributed by atoms with E-state index in [1.807, 2.05) is 6.07 Å². The number of carbonyl (C=O) groups is 2. The SMILES string of the molecule is COCC(=O)Nc1ccc2c(c1)[C@@H]1C[C@H](CC(=O)NCc3ccccc3F)O[C@H](CO)[C@@H]1O2. The van der Waals surface area contributed by atoms with Crippen molar-refractivity contribution in [3.63, 3.8) is 0 Å². The van der Waals surface area contributed by atoms with Crippen molar-refractivity contribution >= 4 is 17.5 Å². The number of aliphatic hydroxyl groups excluding tert-OH is 1. The van der Waals surface area contributed by atoms with Crippen molar-refractivity contribution in [3.8, 4) is 5.75 Å². The zero-order chi connectivity index (χ0) is 23.4. The number of aliphatic hydroxyl groups is 1. The summed E-state index contributed by atoms with van der Waals surface area (Å²) in [5.74, 6) is -0.338. The third kappa shape index (κ3) is 5.32. The van der Waals surface area contributed by atoms with Crippen LogP contribution in [-0.2, 0) is 25.6 Å². The summed E-state index contributed by atoms with van der Waals surface area (Å²) in [4.78, 5) is 24.4. The fraction of sp³-hybridized carbons (Fsp3) is 0.417. The monoisotopic (exact) mass is 458 g/mol. The molecule has 2 aromatic carbocycles. The van der Waals surface area contributed by atoms with E-state index in [2.05, 4.69) is 10.6 Å². The van der Waals surface area contributed by atoms with E-state index in [1.165, 1.54) is 13.2 Å². The Balaban J connectivity index is 1.42. The smallest absolute Gasteiger partial charge is 0.250 e. The quantitative estimate of drug-likeness (QED) is 0.560. The van der Waals surface area contributed by atoms with Crippen LogP contribution in [0.15, 0.2) is 42.5 Å². The Morgan fingerprint density at radius 3 is 2.79 bits per heavy atom. The highest BCUT2D eigenvalue weighted by molar-refractivity contribution is 5.92. The topological polar surface area (TPSA) is 106 Å². The van der Waals surface area contributed by atoms with Crippen molar-refractivity contribution in [2.45, 2.75) is 43.6 Å². The third-order valence-electron chi connectivity index (χ3n) is 5.91. The predicted octanol–water partition coefficient (Wildman–Crippen LogP) is 2.11. The number of hydrogen-bond donors (Lipinski definition) is 3. The summed E-state index contributed by atoms with van der Waals surface area (Å²) < 4.78 is 30.6. The molecule has 33 heavy (non-hydrogen) atoms. The fourth-order valence-corrected chi connectivity index (χ4v) is 4.41. The zero-order valence-corrected chi connectivity index (χ0v) is 18.3. The number of rotatable bonds is 8. The normalized spacial score (nSPS) is 23.2. The van der Waals surface area contributed by atoms with Gasteiger partial charge in [-0.1, -0.05) is 18.2 Å². The van der Waals surface area contributed by atoms with Gasteiger partial charge < -0.3 is 30.0 Å². The van der Waals surface area contributed by atoms with E-state index in [0.29, 0.717) is 23.4 Å². The van der Waals surface area contributed by atoms with Gasteiger partial charge in [-0.2, -0.15) is 0 Å². The number of amides is 2.